The van der Waals surface area contributed by atoms with E-state index in [2.05, 4.69) is 23.4 Å². The number of unbranched alkanes of at least 4 members (excludes halogenated alkanes) is 1. The number of rotatable bonds is 11. The molecule has 0 unspecified atom stereocenters. The van der Waals surface area contributed by atoms with Gasteiger partial charge in [0.05, 0.1) is 30.9 Å². The summed E-state index contributed by atoms with van der Waals surface area (Å²) in [4.78, 5) is 51.5. The number of carbonyl (C=O) groups excluding carboxylic acids is 3. The van der Waals surface area contributed by atoms with Crippen molar-refractivity contribution in [2.75, 3.05) is 59.7 Å². The summed E-state index contributed by atoms with van der Waals surface area (Å²) >= 11 is 0. The summed E-state index contributed by atoms with van der Waals surface area (Å²) in [6, 6.07) is 7.39. The lowest BCUT2D eigenvalue weighted by atomic mass is 9.91. The Kier molecular flexibility index (Phi) is 12.0. The summed E-state index contributed by atoms with van der Waals surface area (Å²) in [6.07, 6.45) is 5.25. The predicted octanol–water partition coefficient (Wildman–Crippen LogP) is 4.56. The molecule has 0 saturated carbocycles. The Morgan fingerprint density at radius 1 is 1.07 bits per heavy atom. The Balaban J connectivity index is 1.68. The van der Waals surface area contributed by atoms with E-state index in [0.717, 1.165) is 24.1 Å². The fraction of sp³-hybridized carbons (Fsp3) is 0.647. The zero-order valence-electron chi connectivity index (χ0n) is 27.9. The van der Waals surface area contributed by atoms with E-state index >= 15 is 0 Å². The molecule has 0 radical (unpaired) electrons. The topological polar surface area (TPSA) is 106 Å². The van der Waals surface area contributed by atoms with Gasteiger partial charge in [0.25, 0.3) is 5.91 Å². The van der Waals surface area contributed by atoms with E-state index in [4.69, 9.17) is 14.2 Å². The van der Waals surface area contributed by atoms with Crippen LogP contribution in [-0.4, -0.2) is 113 Å². The zero-order valence-corrected chi connectivity index (χ0v) is 27.9. The van der Waals surface area contributed by atoms with Gasteiger partial charge in [0.1, 0.15) is 11.3 Å². The molecule has 11 heteroatoms. The highest BCUT2D eigenvalue weighted by molar-refractivity contribution is 5.94. The molecule has 0 aromatic carbocycles. The molecule has 2 fully saturated rings. The molecule has 0 spiro atoms. The number of hydrogen-bond donors (Lipinski definition) is 0. The number of aromatic nitrogens is 2. The molecule has 45 heavy (non-hydrogen) atoms. The Bertz CT molecular complexity index is 1270. The molecule has 11 nitrogen and oxygen atoms in total. The Hall–Kier alpha value is -3.44. The molecule has 0 N–H and O–H groups in total. The highest BCUT2D eigenvalue weighted by atomic mass is 16.6. The van der Waals surface area contributed by atoms with Gasteiger partial charge in [-0.05, 0) is 70.2 Å². The van der Waals surface area contributed by atoms with Crippen LogP contribution < -0.4 is 0 Å². The van der Waals surface area contributed by atoms with Crippen molar-refractivity contribution in [3.63, 3.8) is 0 Å². The first kappa shape index (κ1) is 34.4. The van der Waals surface area contributed by atoms with Gasteiger partial charge in [-0.25, -0.2) is 4.79 Å². The van der Waals surface area contributed by atoms with Crippen LogP contribution in [0.5, 0.6) is 0 Å². The van der Waals surface area contributed by atoms with Crippen molar-refractivity contribution < 1.29 is 28.6 Å². The number of methoxy groups -OCH3 is 1. The van der Waals surface area contributed by atoms with E-state index in [1.807, 2.05) is 61.0 Å². The van der Waals surface area contributed by atoms with Crippen molar-refractivity contribution in [3.8, 4) is 11.3 Å². The largest absolute Gasteiger partial charge is 0.444 e. The summed E-state index contributed by atoms with van der Waals surface area (Å²) in [5.74, 6) is -0.404. The van der Waals surface area contributed by atoms with Gasteiger partial charge < -0.3 is 33.5 Å². The maximum Gasteiger partial charge on any atom is 0.410 e. The molecule has 0 aliphatic carbocycles. The fourth-order valence-electron chi connectivity index (χ4n) is 6.11. The highest BCUT2D eigenvalue weighted by Crippen LogP contribution is 2.29. The van der Waals surface area contributed by atoms with Crippen molar-refractivity contribution in [2.45, 2.75) is 72.1 Å². The summed E-state index contributed by atoms with van der Waals surface area (Å²) in [7, 11) is 1.69. The zero-order chi connectivity index (χ0) is 32.6. The number of carbonyl (C=O) groups is 3. The minimum Gasteiger partial charge on any atom is -0.444 e. The molecule has 2 aromatic heterocycles. The second-order valence-electron chi connectivity index (χ2n) is 13.5. The van der Waals surface area contributed by atoms with Gasteiger partial charge in [-0.15, -0.1) is 0 Å². The number of piperidine rings is 1. The summed E-state index contributed by atoms with van der Waals surface area (Å²) < 4.78 is 18.6. The van der Waals surface area contributed by atoms with Crippen LogP contribution in [0, 0.1) is 11.8 Å². The van der Waals surface area contributed by atoms with Gasteiger partial charge in [0.15, 0.2) is 0 Å². The molecule has 3 amide bonds. The molecule has 2 aliphatic rings. The van der Waals surface area contributed by atoms with Crippen molar-refractivity contribution in [3.05, 3.63) is 42.4 Å². The highest BCUT2D eigenvalue weighted by Gasteiger charge is 2.41. The molecular weight excluding hydrogens is 574 g/mol. The SMILES string of the molecule is COCCCCn1c(C(=O)N(CC(C)C)[C@H]2C[C@@H](C(=O)N3CCOCC3)CN(C(=O)OC(C)(C)C)C2)ccc1-c1cccnc1. The van der Waals surface area contributed by atoms with Gasteiger partial charge in [0.2, 0.25) is 5.91 Å². The lowest BCUT2D eigenvalue weighted by molar-refractivity contribution is -0.142. The van der Waals surface area contributed by atoms with E-state index in [1.165, 1.54) is 0 Å². The number of amides is 3. The van der Waals surface area contributed by atoms with Crippen LogP contribution in [0.15, 0.2) is 36.7 Å². The van der Waals surface area contributed by atoms with Gasteiger partial charge in [-0.3, -0.25) is 14.6 Å². The van der Waals surface area contributed by atoms with Crippen LogP contribution in [0.1, 0.15) is 64.4 Å². The molecule has 0 bridgehead atoms. The molecule has 248 valence electrons. The monoisotopic (exact) mass is 625 g/mol. The van der Waals surface area contributed by atoms with E-state index in [1.54, 1.807) is 18.2 Å². The fourth-order valence-corrected chi connectivity index (χ4v) is 6.11. The smallest absolute Gasteiger partial charge is 0.410 e. The van der Waals surface area contributed by atoms with Crippen molar-refractivity contribution >= 4 is 17.9 Å². The van der Waals surface area contributed by atoms with Gasteiger partial charge in [0, 0.05) is 70.9 Å². The molecule has 2 saturated heterocycles. The first-order chi connectivity index (χ1) is 21.5. The van der Waals surface area contributed by atoms with E-state index in [9.17, 15) is 14.4 Å². The Morgan fingerprint density at radius 3 is 2.47 bits per heavy atom. The Labute approximate surface area is 267 Å². The van der Waals surface area contributed by atoms with Crippen molar-refractivity contribution in [2.24, 2.45) is 11.8 Å². The second-order valence-corrected chi connectivity index (χ2v) is 13.5. The standard InChI is InChI=1S/C34H51N5O6/c1-25(2)22-39(32(41)30-12-11-29(26-10-9-13-35-21-26)38(30)14-7-8-17-43-6)28-20-27(31(40)36-15-18-44-19-16-36)23-37(24-28)33(42)45-34(3,4)5/h9-13,21,25,27-28H,7-8,14-20,22-24H2,1-6H3/t27-,28+/m1/s1. The normalized spacial score (nSPS) is 19.1. The minimum absolute atomic E-state index is 0.00566. The van der Waals surface area contributed by atoms with Crippen molar-refractivity contribution in [1.82, 2.24) is 24.3 Å². The molecule has 4 rings (SSSR count). The molecule has 4 heterocycles. The maximum absolute atomic E-state index is 14.6. The van der Waals surface area contributed by atoms with Gasteiger partial charge >= 0.3 is 6.09 Å². The summed E-state index contributed by atoms with van der Waals surface area (Å²) in [5, 5.41) is 0. The first-order valence-electron chi connectivity index (χ1n) is 16.2. The number of morpholine rings is 1. The number of hydrogen-bond acceptors (Lipinski definition) is 7. The number of nitrogens with zero attached hydrogens (tertiary/aromatic N) is 5. The lowest BCUT2D eigenvalue weighted by Crippen LogP contribution is -2.58. The predicted molar refractivity (Wildman–Crippen MR) is 172 cm³/mol. The van der Waals surface area contributed by atoms with Crippen LogP contribution in [0.4, 0.5) is 4.79 Å². The van der Waals surface area contributed by atoms with E-state index in [0.29, 0.717) is 64.7 Å². The number of likely N-dealkylation sites (tertiary alicyclic amines) is 1. The summed E-state index contributed by atoms with van der Waals surface area (Å²) in [5.41, 5.74) is 1.75. The average molecular weight is 626 g/mol. The van der Waals surface area contributed by atoms with Crippen LogP contribution in [-0.2, 0) is 25.5 Å². The van der Waals surface area contributed by atoms with Crippen LogP contribution in [0.3, 0.4) is 0 Å². The second kappa shape index (κ2) is 15.7. The van der Waals surface area contributed by atoms with Crippen molar-refractivity contribution in [1.29, 1.82) is 0 Å². The summed E-state index contributed by atoms with van der Waals surface area (Å²) in [6.45, 7) is 14.0. The third kappa shape index (κ3) is 9.29. The molecule has 2 atom stereocenters. The third-order valence-corrected chi connectivity index (χ3v) is 8.15. The van der Waals surface area contributed by atoms with Gasteiger partial charge in [-0.2, -0.15) is 0 Å². The van der Waals surface area contributed by atoms with Crippen LogP contribution in [0.25, 0.3) is 11.3 Å². The van der Waals surface area contributed by atoms with E-state index < -0.39 is 17.6 Å². The van der Waals surface area contributed by atoms with Crippen LogP contribution in [0.2, 0.25) is 0 Å². The van der Waals surface area contributed by atoms with E-state index in [-0.39, 0.29) is 30.3 Å². The number of ether oxygens (including phenoxy) is 3. The Morgan fingerprint density at radius 2 is 1.82 bits per heavy atom. The first-order valence-corrected chi connectivity index (χ1v) is 16.2. The quantitative estimate of drug-likeness (QED) is 0.337. The average Bonchev–Trinajstić information content (AvgIpc) is 3.45. The molecule has 2 aromatic rings. The minimum atomic E-state index is -0.687. The third-order valence-electron chi connectivity index (χ3n) is 8.15. The molecular formula is C34H51N5O6. The maximum atomic E-state index is 14.6. The number of pyridine rings is 1. The molecule has 2 aliphatic heterocycles. The lowest BCUT2D eigenvalue weighted by Gasteiger charge is -2.44. The van der Waals surface area contributed by atoms with Gasteiger partial charge in [-0.1, -0.05) is 13.8 Å². The van der Waals surface area contributed by atoms with Crippen LogP contribution >= 0.6 is 0 Å².